The molecule has 7 nitrogen and oxygen atoms in total. The minimum Gasteiger partial charge on any atom is -0.360 e. The lowest BCUT2D eigenvalue weighted by atomic mass is 10.1. The Morgan fingerprint density at radius 2 is 2.04 bits per heavy atom. The number of carbonyl (C=O) groups excluding carboxylic acids is 1. The quantitative estimate of drug-likeness (QED) is 0.735. The van der Waals surface area contributed by atoms with Crippen LogP contribution in [0.25, 0.3) is 0 Å². The topological polar surface area (TPSA) is 92.5 Å². The molecule has 0 unspecified atom stereocenters. The summed E-state index contributed by atoms with van der Waals surface area (Å²) in [5, 5.41) is 4.30. The number of benzene rings is 1. The fourth-order valence-corrected chi connectivity index (χ4v) is 4.19. The number of hydrogen-bond acceptors (Lipinski definition) is 5. The standard InChI is InChI=1S/C17H22ClN3O4S/c1-12-17(13(2)25-20-12)26(23,24)19-8-10-21(14(3)22)9-7-15-5-4-6-16(18)11-15/h4-6,11,19H,7-10H2,1-3H3. The molecule has 2 rings (SSSR count). The zero-order chi connectivity index (χ0) is 19.3. The molecular formula is C17H22ClN3O4S. The molecule has 0 aliphatic rings. The highest BCUT2D eigenvalue weighted by Gasteiger charge is 2.24. The van der Waals surface area contributed by atoms with Crippen molar-refractivity contribution in [2.45, 2.75) is 32.1 Å². The van der Waals surface area contributed by atoms with Crippen molar-refractivity contribution in [1.82, 2.24) is 14.8 Å². The molecule has 0 spiro atoms. The lowest BCUT2D eigenvalue weighted by Crippen LogP contribution is -2.38. The third kappa shape index (κ3) is 5.30. The van der Waals surface area contributed by atoms with Crippen molar-refractivity contribution < 1.29 is 17.7 Å². The van der Waals surface area contributed by atoms with Crippen molar-refractivity contribution in [3.8, 4) is 0 Å². The van der Waals surface area contributed by atoms with Crippen molar-refractivity contribution in [1.29, 1.82) is 0 Å². The maximum absolute atomic E-state index is 12.4. The van der Waals surface area contributed by atoms with Crippen LogP contribution in [-0.2, 0) is 21.2 Å². The van der Waals surface area contributed by atoms with E-state index < -0.39 is 10.0 Å². The van der Waals surface area contributed by atoms with E-state index in [4.69, 9.17) is 16.1 Å². The Bertz CT molecular complexity index is 860. The molecule has 1 N–H and O–H groups in total. The van der Waals surface area contributed by atoms with E-state index in [0.29, 0.717) is 23.7 Å². The van der Waals surface area contributed by atoms with Gasteiger partial charge in [-0.1, -0.05) is 28.9 Å². The van der Waals surface area contributed by atoms with Gasteiger partial charge in [-0.3, -0.25) is 4.79 Å². The van der Waals surface area contributed by atoms with Crippen molar-refractivity contribution in [2.24, 2.45) is 0 Å². The second kappa shape index (κ2) is 8.66. The van der Waals surface area contributed by atoms with Gasteiger partial charge in [0.2, 0.25) is 15.9 Å². The van der Waals surface area contributed by atoms with Gasteiger partial charge >= 0.3 is 0 Å². The van der Waals surface area contributed by atoms with Gasteiger partial charge in [-0.25, -0.2) is 13.1 Å². The number of aryl methyl sites for hydroxylation is 2. The largest absolute Gasteiger partial charge is 0.360 e. The summed E-state index contributed by atoms with van der Waals surface area (Å²) in [6.45, 7) is 5.41. The van der Waals surface area contributed by atoms with Crippen molar-refractivity contribution >= 4 is 27.5 Å². The van der Waals surface area contributed by atoms with Gasteiger partial charge in [0.15, 0.2) is 5.76 Å². The highest BCUT2D eigenvalue weighted by molar-refractivity contribution is 7.89. The summed E-state index contributed by atoms with van der Waals surface area (Å²) in [5.41, 5.74) is 1.32. The lowest BCUT2D eigenvalue weighted by Gasteiger charge is -2.21. The molecule has 142 valence electrons. The fourth-order valence-electron chi connectivity index (χ4n) is 2.63. The summed E-state index contributed by atoms with van der Waals surface area (Å²) in [6.07, 6.45) is 0.636. The average molecular weight is 400 g/mol. The number of hydrogen-bond donors (Lipinski definition) is 1. The molecule has 0 fully saturated rings. The monoisotopic (exact) mass is 399 g/mol. The number of sulfonamides is 1. The molecule has 0 saturated carbocycles. The summed E-state index contributed by atoms with van der Waals surface area (Å²) < 4.78 is 32.1. The van der Waals surface area contributed by atoms with Crippen LogP contribution in [0, 0.1) is 13.8 Å². The van der Waals surface area contributed by atoms with Gasteiger partial charge in [-0.2, -0.15) is 0 Å². The second-order valence-corrected chi connectivity index (χ2v) is 8.08. The van der Waals surface area contributed by atoms with Gasteiger partial charge in [-0.05, 0) is 38.0 Å². The summed E-state index contributed by atoms with van der Waals surface area (Å²) in [6, 6.07) is 7.43. The van der Waals surface area contributed by atoms with Gasteiger partial charge in [0, 0.05) is 31.6 Å². The summed E-state index contributed by atoms with van der Waals surface area (Å²) in [7, 11) is -3.73. The van der Waals surface area contributed by atoms with Gasteiger partial charge in [-0.15, -0.1) is 0 Å². The number of nitrogens with one attached hydrogen (secondary N) is 1. The first-order chi connectivity index (χ1) is 12.2. The number of amides is 1. The van der Waals surface area contributed by atoms with Crippen LogP contribution < -0.4 is 4.72 Å². The lowest BCUT2D eigenvalue weighted by molar-refractivity contribution is -0.128. The Morgan fingerprint density at radius 1 is 1.31 bits per heavy atom. The minimum atomic E-state index is -3.73. The Labute approximate surface area is 158 Å². The molecule has 1 amide bonds. The molecule has 9 heteroatoms. The maximum Gasteiger partial charge on any atom is 0.246 e. The van der Waals surface area contributed by atoms with Gasteiger partial charge in [0.1, 0.15) is 10.6 Å². The molecule has 0 radical (unpaired) electrons. The molecule has 1 aromatic heterocycles. The molecule has 2 aromatic rings. The second-order valence-electron chi connectivity index (χ2n) is 5.94. The highest BCUT2D eigenvalue weighted by Crippen LogP contribution is 2.18. The molecule has 1 heterocycles. The zero-order valence-electron chi connectivity index (χ0n) is 15.0. The van der Waals surface area contributed by atoms with Crippen LogP contribution in [0.4, 0.5) is 0 Å². The third-order valence-corrected chi connectivity index (χ3v) is 5.85. The van der Waals surface area contributed by atoms with E-state index in [0.717, 1.165) is 5.56 Å². The molecule has 0 aliphatic carbocycles. The molecule has 0 atom stereocenters. The van der Waals surface area contributed by atoms with Crippen LogP contribution in [0.15, 0.2) is 33.7 Å². The van der Waals surface area contributed by atoms with Gasteiger partial charge < -0.3 is 9.42 Å². The van der Waals surface area contributed by atoms with Gasteiger partial charge in [0.25, 0.3) is 0 Å². The first kappa shape index (κ1) is 20.4. The number of rotatable bonds is 8. The maximum atomic E-state index is 12.4. The fraction of sp³-hybridized carbons (Fsp3) is 0.412. The Morgan fingerprint density at radius 3 is 2.62 bits per heavy atom. The summed E-state index contributed by atoms with van der Waals surface area (Å²) >= 11 is 5.96. The molecule has 26 heavy (non-hydrogen) atoms. The molecule has 0 bridgehead atoms. The number of aromatic nitrogens is 1. The Kier molecular flexibility index (Phi) is 6.80. The van der Waals surface area contributed by atoms with E-state index in [2.05, 4.69) is 9.88 Å². The Hall–Kier alpha value is -1.90. The summed E-state index contributed by atoms with van der Waals surface area (Å²) in [4.78, 5) is 13.5. The van der Waals surface area contributed by atoms with Crippen LogP contribution in [-0.4, -0.2) is 44.0 Å². The predicted molar refractivity (Wildman–Crippen MR) is 98.6 cm³/mol. The summed E-state index contributed by atoms with van der Waals surface area (Å²) in [5.74, 6) is 0.114. The number of nitrogens with zero attached hydrogens (tertiary/aromatic N) is 2. The SMILES string of the molecule is CC(=O)N(CCNS(=O)(=O)c1c(C)noc1C)CCc1cccc(Cl)c1. The average Bonchev–Trinajstić information content (AvgIpc) is 2.89. The van der Waals surface area contributed by atoms with Crippen LogP contribution in [0.1, 0.15) is 23.9 Å². The van der Waals surface area contributed by atoms with E-state index in [1.54, 1.807) is 24.8 Å². The minimum absolute atomic E-state index is 0.0470. The van der Waals surface area contributed by atoms with E-state index in [-0.39, 0.29) is 29.7 Å². The predicted octanol–water partition coefficient (Wildman–Crippen LogP) is 2.31. The smallest absolute Gasteiger partial charge is 0.246 e. The van der Waals surface area contributed by atoms with Crippen molar-refractivity contribution in [3.05, 3.63) is 46.3 Å². The van der Waals surface area contributed by atoms with Crippen LogP contribution in [0.5, 0.6) is 0 Å². The normalized spacial score (nSPS) is 11.5. The third-order valence-electron chi connectivity index (χ3n) is 3.92. The molecular weight excluding hydrogens is 378 g/mol. The van der Waals surface area contributed by atoms with Crippen LogP contribution in [0.2, 0.25) is 5.02 Å². The van der Waals surface area contributed by atoms with Crippen molar-refractivity contribution in [3.63, 3.8) is 0 Å². The molecule has 0 saturated heterocycles. The van der Waals surface area contributed by atoms with Gasteiger partial charge in [0.05, 0.1) is 0 Å². The number of carbonyl (C=O) groups is 1. The van der Waals surface area contributed by atoms with Crippen molar-refractivity contribution in [2.75, 3.05) is 19.6 Å². The van der Waals surface area contributed by atoms with E-state index in [1.807, 2.05) is 18.2 Å². The van der Waals surface area contributed by atoms with Crippen LogP contribution in [0.3, 0.4) is 0 Å². The van der Waals surface area contributed by atoms with E-state index in [9.17, 15) is 13.2 Å². The van der Waals surface area contributed by atoms with E-state index in [1.165, 1.54) is 6.92 Å². The first-order valence-corrected chi connectivity index (χ1v) is 9.99. The Balaban J connectivity index is 1.93. The molecule has 0 aliphatic heterocycles. The first-order valence-electron chi connectivity index (χ1n) is 8.13. The highest BCUT2D eigenvalue weighted by atomic mass is 35.5. The molecule has 1 aromatic carbocycles. The number of halogens is 1. The van der Waals surface area contributed by atoms with E-state index >= 15 is 0 Å². The van der Waals surface area contributed by atoms with Crippen LogP contribution >= 0.6 is 11.6 Å². The zero-order valence-corrected chi connectivity index (χ0v) is 16.5.